The van der Waals surface area contributed by atoms with Gasteiger partial charge in [0.25, 0.3) is 5.91 Å². The maximum atomic E-state index is 12.4. The first kappa shape index (κ1) is 15.9. The molecule has 6 nitrogen and oxygen atoms in total. The van der Waals surface area contributed by atoms with Crippen LogP contribution in [0.2, 0.25) is 0 Å². The van der Waals surface area contributed by atoms with Gasteiger partial charge in [0.2, 0.25) is 0 Å². The lowest BCUT2D eigenvalue weighted by atomic mass is 10.1. The van der Waals surface area contributed by atoms with Crippen LogP contribution in [0.15, 0.2) is 24.4 Å². The molecule has 0 aliphatic heterocycles. The number of benzene rings is 1. The van der Waals surface area contributed by atoms with Crippen molar-refractivity contribution in [1.29, 1.82) is 0 Å². The number of aryl methyl sites for hydroxylation is 1. The molecule has 0 aliphatic rings. The molecule has 1 aromatic heterocycles. The Hall–Kier alpha value is -2.50. The first-order valence-corrected chi connectivity index (χ1v) is 6.98. The van der Waals surface area contributed by atoms with Gasteiger partial charge in [-0.1, -0.05) is 0 Å². The molecular weight excluding hydrogens is 282 g/mol. The van der Waals surface area contributed by atoms with E-state index >= 15 is 0 Å². The van der Waals surface area contributed by atoms with Crippen LogP contribution in [0, 0.1) is 6.92 Å². The minimum Gasteiger partial charge on any atom is -0.497 e. The molecule has 1 N–H and O–H groups in total. The molecule has 0 aliphatic carbocycles. The van der Waals surface area contributed by atoms with Crippen LogP contribution in [0.4, 0.5) is 0 Å². The fourth-order valence-electron chi connectivity index (χ4n) is 2.24. The summed E-state index contributed by atoms with van der Waals surface area (Å²) in [6.45, 7) is 3.90. The third kappa shape index (κ3) is 3.21. The molecule has 0 radical (unpaired) electrons. The second-order valence-electron chi connectivity index (χ2n) is 5.11. The smallest absolute Gasteiger partial charge is 0.252 e. The number of nitrogens with one attached hydrogen (secondary N) is 1. The van der Waals surface area contributed by atoms with Crippen LogP contribution in [-0.4, -0.2) is 29.9 Å². The van der Waals surface area contributed by atoms with Gasteiger partial charge in [-0.25, -0.2) is 0 Å². The van der Waals surface area contributed by atoms with E-state index in [1.807, 2.05) is 20.9 Å². The van der Waals surface area contributed by atoms with E-state index in [1.54, 1.807) is 43.3 Å². The third-order valence-electron chi connectivity index (χ3n) is 3.70. The van der Waals surface area contributed by atoms with Gasteiger partial charge in [0.15, 0.2) is 0 Å². The minimum absolute atomic E-state index is 0.140. The molecule has 0 spiro atoms. The van der Waals surface area contributed by atoms with E-state index in [2.05, 4.69) is 10.4 Å². The van der Waals surface area contributed by atoms with Gasteiger partial charge in [0, 0.05) is 29.9 Å². The molecular formula is C16H21N3O3. The predicted molar refractivity (Wildman–Crippen MR) is 83.4 cm³/mol. The molecule has 118 valence electrons. The first-order valence-electron chi connectivity index (χ1n) is 6.98. The van der Waals surface area contributed by atoms with Crippen molar-refractivity contribution in [1.82, 2.24) is 15.1 Å². The summed E-state index contributed by atoms with van der Waals surface area (Å²) < 4.78 is 12.2. The van der Waals surface area contributed by atoms with Crippen molar-refractivity contribution in [3.63, 3.8) is 0 Å². The molecule has 0 saturated carbocycles. The number of nitrogens with zero attached hydrogens (tertiary/aromatic N) is 2. The Morgan fingerprint density at radius 1 is 1.23 bits per heavy atom. The number of aromatic nitrogens is 2. The number of methoxy groups -OCH3 is 2. The highest BCUT2D eigenvalue weighted by Crippen LogP contribution is 2.23. The Morgan fingerprint density at radius 2 is 1.82 bits per heavy atom. The van der Waals surface area contributed by atoms with Gasteiger partial charge in [-0.15, -0.1) is 0 Å². The number of rotatable bonds is 5. The number of carbonyl (C=O) groups excluding carboxylic acids is 1. The number of ether oxygens (including phenoxy) is 2. The van der Waals surface area contributed by atoms with Gasteiger partial charge in [0.1, 0.15) is 11.5 Å². The lowest BCUT2D eigenvalue weighted by Gasteiger charge is -2.15. The van der Waals surface area contributed by atoms with E-state index in [4.69, 9.17) is 9.47 Å². The lowest BCUT2D eigenvalue weighted by Crippen LogP contribution is -2.27. The summed E-state index contributed by atoms with van der Waals surface area (Å²) in [5.74, 6) is 0.970. The normalized spacial score (nSPS) is 11.9. The van der Waals surface area contributed by atoms with E-state index in [9.17, 15) is 4.79 Å². The Bertz CT molecular complexity index is 657. The maximum absolute atomic E-state index is 12.4. The van der Waals surface area contributed by atoms with Gasteiger partial charge in [-0.2, -0.15) is 5.10 Å². The number of amides is 1. The van der Waals surface area contributed by atoms with Gasteiger partial charge in [-0.05, 0) is 26.0 Å². The summed E-state index contributed by atoms with van der Waals surface area (Å²) in [7, 11) is 4.98. The molecule has 0 fully saturated rings. The Morgan fingerprint density at radius 3 is 2.27 bits per heavy atom. The fourth-order valence-corrected chi connectivity index (χ4v) is 2.24. The molecule has 22 heavy (non-hydrogen) atoms. The molecule has 1 atom stereocenters. The average Bonchev–Trinajstić information content (AvgIpc) is 2.86. The largest absolute Gasteiger partial charge is 0.497 e. The lowest BCUT2D eigenvalue weighted by molar-refractivity contribution is 0.0939. The molecule has 6 heteroatoms. The van der Waals surface area contributed by atoms with Crippen LogP contribution in [0.25, 0.3) is 0 Å². The molecule has 1 aromatic carbocycles. The van der Waals surface area contributed by atoms with Crippen LogP contribution in [0.1, 0.15) is 34.6 Å². The second kappa shape index (κ2) is 6.51. The Balaban J connectivity index is 2.20. The van der Waals surface area contributed by atoms with Crippen LogP contribution >= 0.6 is 0 Å². The highest BCUT2D eigenvalue weighted by atomic mass is 16.5. The molecule has 1 unspecified atom stereocenters. The van der Waals surface area contributed by atoms with E-state index in [1.165, 1.54) is 0 Å². The third-order valence-corrected chi connectivity index (χ3v) is 3.70. The van der Waals surface area contributed by atoms with Crippen molar-refractivity contribution in [2.75, 3.05) is 14.2 Å². The quantitative estimate of drug-likeness (QED) is 0.920. The van der Waals surface area contributed by atoms with E-state index in [-0.39, 0.29) is 11.9 Å². The summed E-state index contributed by atoms with van der Waals surface area (Å²) in [6.07, 6.45) is 1.77. The number of carbonyl (C=O) groups is 1. The van der Waals surface area contributed by atoms with Crippen molar-refractivity contribution in [2.24, 2.45) is 7.05 Å². The van der Waals surface area contributed by atoms with Crippen molar-refractivity contribution < 1.29 is 14.3 Å². The van der Waals surface area contributed by atoms with Gasteiger partial charge < -0.3 is 14.8 Å². The number of hydrogen-bond acceptors (Lipinski definition) is 4. The van der Waals surface area contributed by atoms with Crippen molar-refractivity contribution in [3.8, 4) is 11.5 Å². The van der Waals surface area contributed by atoms with E-state index in [0.717, 1.165) is 11.3 Å². The fraction of sp³-hybridized carbons (Fsp3) is 0.375. The van der Waals surface area contributed by atoms with Crippen LogP contribution in [0.5, 0.6) is 11.5 Å². The summed E-state index contributed by atoms with van der Waals surface area (Å²) in [5, 5.41) is 7.16. The topological polar surface area (TPSA) is 65.4 Å². The highest BCUT2D eigenvalue weighted by molar-refractivity contribution is 5.95. The van der Waals surface area contributed by atoms with Crippen molar-refractivity contribution in [3.05, 3.63) is 41.2 Å². The average molecular weight is 303 g/mol. The van der Waals surface area contributed by atoms with Gasteiger partial charge in [-0.3, -0.25) is 9.48 Å². The van der Waals surface area contributed by atoms with Gasteiger partial charge in [0.05, 0.1) is 26.5 Å². The molecule has 2 rings (SSSR count). The molecule has 0 saturated heterocycles. The summed E-state index contributed by atoms with van der Waals surface area (Å²) >= 11 is 0. The Kier molecular flexibility index (Phi) is 4.70. The SMILES string of the molecule is COc1cc(OC)cc(C(=O)NC(C)c2cnn(C)c2C)c1. The molecule has 1 heterocycles. The zero-order valence-electron chi connectivity index (χ0n) is 13.5. The van der Waals surface area contributed by atoms with Crippen molar-refractivity contribution >= 4 is 5.91 Å². The van der Waals surface area contributed by atoms with Gasteiger partial charge >= 0.3 is 0 Å². The van der Waals surface area contributed by atoms with Crippen LogP contribution in [-0.2, 0) is 7.05 Å². The predicted octanol–water partition coefficient (Wildman–Crippen LogP) is 2.24. The maximum Gasteiger partial charge on any atom is 0.252 e. The second-order valence-corrected chi connectivity index (χ2v) is 5.11. The molecule has 2 aromatic rings. The summed E-state index contributed by atoms with van der Waals surface area (Å²) in [4.78, 5) is 12.4. The molecule has 1 amide bonds. The highest BCUT2D eigenvalue weighted by Gasteiger charge is 2.16. The zero-order valence-corrected chi connectivity index (χ0v) is 13.5. The monoisotopic (exact) mass is 303 g/mol. The zero-order chi connectivity index (χ0) is 16.3. The Labute approximate surface area is 130 Å². The van der Waals surface area contributed by atoms with E-state index in [0.29, 0.717) is 17.1 Å². The summed E-state index contributed by atoms with van der Waals surface area (Å²) in [6, 6.07) is 4.95. The van der Waals surface area contributed by atoms with Crippen molar-refractivity contribution in [2.45, 2.75) is 19.9 Å². The first-order chi connectivity index (χ1) is 10.5. The number of hydrogen-bond donors (Lipinski definition) is 1. The molecule has 0 bridgehead atoms. The van der Waals surface area contributed by atoms with Crippen LogP contribution < -0.4 is 14.8 Å². The van der Waals surface area contributed by atoms with E-state index < -0.39 is 0 Å². The standard InChI is InChI=1S/C16H21N3O3/c1-10(15-9-17-19(3)11(15)2)18-16(20)12-6-13(21-4)8-14(7-12)22-5/h6-10H,1-5H3,(H,18,20). The van der Waals surface area contributed by atoms with Crippen LogP contribution in [0.3, 0.4) is 0 Å². The minimum atomic E-state index is -0.187. The summed E-state index contributed by atoms with van der Waals surface area (Å²) in [5.41, 5.74) is 2.51.